The number of aryl methyl sites for hydroxylation is 2. The molecule has 0 saturated heterocycles. The van der Waals surface area contributed by atoms with E-state index in [1.165, 1.54) is 0 Å². The highest BCUT2D eigenvalue weighted by molar-refractivity contribution is 6.37. The van der Waals surface area contributed by atoms with Crippen molar-refractivity contribution in [1.82, 2.24) is 15.0 Å². The van der Waals surface area contributed by atoms with Crippen molar-refractivity contribution in [3.63, 3.8) is 0 Å². The second kappa shape index (κ2) is 4.96. The molecule has 0 radical (unpaired) electrons. The summed E-state index contributed by atoms with van der Waals surface area (Å²) in [6.07, 6.45) is 0. The zero-order valence-electron chi connectivity index (χ0n) is 10.9. The van der Waals surface area contributed by atoms with Crippen LogP contribution >= 0.6 is 23.2 Å². The zero-order valence-corrected chi connectivity index (χ0v) is 12.4. The molecular weight excluding hydrogens is 297 g/mol. The number of nitrogens with one attached hydrogen (secondary N) is 1. The van der Waals surface area contributed by atoms with Gasteiger partial charge in [0.1, 0.15) is 10.9 Å². The summed E-state index contributed by atoms with van der Waals surface area (Å²) >= 11 is 12.2. The predicted octanol–water partition coefficient (Wildman–Crippen LogP) is 4.67. The number of hydrogen-bond acceptors (Lipinski definition) is 3. The normalized spacial score (nSPS) is 11.0. The smallest absolute Gasteiger partial charge is 0.323 e. The number of fused-ring (bicyclic) bond motifs is 1. The molecule has 0 atom stereocenters. The monoisotopic (exact) mass is 307 g/mol. The quantitative estimate of drug-likeness (QED) is 0.700. The molecule has 0 spiro atoms. The summed E-state index contributed by atoms with van der Waals surface area (Å²) in [7, 11) is 0. The van der Waals surface area contributed by atoms with E-state index in [4.69, 9.17) is 27.9 Å². The Hall–Kier alpha value is -1.78. The van der Waals surface area contributed by atoms with Crippen LogP contribution < -0.4 is 4.74 Å². The van der Waals surface area contributed by atoms with E-state index < -0.39 is 0 Å². The van der Waals surface area contributed by atoms with Gasteiger partial charge in [0.2, 0.25) is 0 Å². The van der Waals surface area contributed by atoms with Gasteiger partial charge in [-0.15, -0.1) is 0 Å². The number of ether oxygens (including phenoxy) is 1. The number of rotatable bonds is 2. The van der Waals surface area contributed by atoms with Crippen molar-refractivity contribution in [3.05, 3.63) is 45.8 Å². The maximum Gasteiger partial charge on any atom is 0.323 e. The van der Waals surface area contributed by atoms with E-state index in [0.717, 1.165) is 22.3 Å². The lowest BCUT2D eigenvalue weighted by molar-refractivity contribution is 0.441. The standard InChI is InChI=1S/C14H11Cl2N3O/c1-7-5-9-10(17-7)3-4-11(13(9)16)20-14-18-8(2)6-12(15)19-14/h3-6,17H,1-2H3. The highest BCUT2D eigenvalue weighted by atomic mass is 35.5. The molecule has 0 aliphatic carbocycles. The zero-order chi connectivity index (χ0) is 14.3. The fourth-order valence-corrected chi connectivity index (χ4v) is 2.50. The Kier molecular flexibility index (Phi) is 3.28. The van der Waals surface area contributed by atoms with Gasteiger partial charge in [0.05, 0.1) is 5.02 Å². The maximum absolute atomic E-state index is 6.35. The van der Waals surface area contributed by atoms with E-state index in [9.17, 15) is 0 Å². The average molecular weight is 308 g/mol. The third-order valence-corrected chi connectivity index (χ3v) is 3.42. The number of aromatic amines is 1. The van der Waals surface area contributed by atoms with E-state index in [0.29, 0.717) is 15.9 Å². The molecule has 6 heteroatoms. The van der Waals surface area contributed by atoms with Crippen LogP contribution in [0.1, 0.15) is 11.4 Å². The maximum atomic E-state index is 6.35. The van der Waals surface area contributed by atoms with Crippen LogP contribution in [-0.4, -0.2) is 15.0 Å². The highest BCUT2D eigenvalue weighted by Crippen LogP contribution is 2.35. The molecule has 0 aliphatic rings. The minimum Gasteiger partial charge on any atom is -0.423 e. The lowest BCUT2D eigenvalue weighted by Gasteiger charge is -2.07. The van der Waals surface area contributed by atoms with Gasteiger partial charge in [-0.25, -0.2) is 4.98 Å². The van der Waals surface area contributed by atoms with Crippen molar-refractivity contribution in [2.45, 2.75) is 13.8 Å². The first kappa shape index (κ1) is 13.2. The van der Waals surface area contributed by atoms with Crippen molar-refractivity contribution in [2.75, 3.05) is 0 Å². The second-order valence-corrected chi connectivity index (χ2v) is 5.27. The summed E-state index contributed by atoms with van der Waals surface area (Å²) in [4.78, 5) is 11.4. The van der Waals surface area contributed by atoms with Gasteiger partial charge in [-0.1, -0.05) is 23.2 Å². The van der Waals surface area contributed by atoms with Crippen molar-refractivity contribution < 1.29 is 4.74 Å². The lowest BCUT2D eigenvalue weighted by Crippen LogP contribution is -1.94. The van der Waals surface area contributed by atoms with Gasteiger partial charge < -0.3 is 9.72 Å². The molecule has 0 bridgehead atoms. The first-order valence-electron chi connectivity index (χ1n) is 6.00. The number of hydrogen-bond donors (Lipinski definition) is 1. The highest BCUT2D eigenvalue weighted by Gasteiger charge is 2.11. The molecule has 3 aromatic rings. The number of halogens is 2. The van der Waals surface area contributed by atoms with Gasteiger partial charge in [-0.2, -0.15) is 4.98 Å². The minimum atomic E-state index is 0.184. The molecule has 2 aromatic heterocycles. The van der Waals surface area contributed by atoms with Crippen molar-refractivity contribution in [3.8, 4) is 11.8 Å². The largest absolute Gasteiger partial charge is 0.423 e. The molecule has 0 unspecified atom stereocenters. The van der Waals surface area contributed by atoms with Crippen LogP contribution in [0.25, 0.3) is 10.9 Å². The van der Waals surface area contributed by atoms with Gasteiger partial charge in [0, 0.05) is 22.3 Å². The topological polar surface area (TPSA) is 50.8 Å². The van der Waals surface area contributed by atoms with Crippen LogP contribution in [-0.2, 0) is 0 Å². The molecule has 1 aromatic carbocycles. The number of nitrogens with zero attached hydrogens (tertiary/aromatic N) is 2. The molecule has 4 nitrogen and oxygen atoms in total. The molecule has 0 amide bonds. The third-order valence-electron chi connectivity index (χ3n) is 2.84. The molecule has 20 heavy (non-hydrogen) atoms. The first-order valence-corrected chi connectivity index (χ1v) is 6.75. The molecule has 0 fully saturated rings. The Morgan fingerprint density at radius 2 is 1.90 bits per heavy atom. The number of aromatic nitrogens is 3. The Labute approximate surface area is 125 Å². The SMILES string of the molecule is Cc1cc(Cl)nc(Oc2ccc3[nH]c(C)cc3c2Cl)n1. The number of benzene rings is 1. The van der Waals surface area contributed by atoms with Gasteiger partial charge >= 0.3 is 6.01 Å². The lowest BCUT2D eigenvalue weighted by atomic mass is 10.2. The van der Waals surface area contributed by atoms with Crippen molar-refractivity contribution >= 4 is 34.1 Å². The van der Waals surface area contributed by atoms with Crippen LogP contribution in [0.15, 0.2) is 24.3 Å². The predicted molar refractivity (Wildman–Crippen MR) is 79.9 cm³/mol. The summed E-state index contributed by atoms with van der Waals surface area (Å²) in [5.74, 6) is 0.500. The Balaban J connectivity index is 2.04. The Morgan fingerprint density at radius 1 is 1.10 bits per heavy atom. The van der Waals surface area contributed by atoms with Gasteiger partial charge in [0.25, 0.3) is 0 Å². The summed E-state index contributed by atoms with van der Waals surface area (Å²) in [5.41, 5.74) is 2.73. The molecule has 102 valence electrons. The minimum absolute atomic E-state index is 0.184. The molecule has 0 aliphatic heterocycles. The molecule has 2 heterocycles. The fraction of sp³-hybridized carbons (Fsp3) is 0.143. The summed E-state index contributed by atoms with van der Waals surface area (Å²) in [6.45, 7) is 3.79. The van der Waals surface area contributed by atoms with Gasteiger partial charge in [-0.3, -0.25) is 0 Å². The van der Waals surface area contributed by atoms with E-state index in [1.807, 2.05) is 26.0 Å². The van der Waals surface area contributed by atoms with Gasteiger partial charge in [0.15, 0.2) is 0 Å². The van der Waals surface area contributed by atoms with E-state index in [-0.39, 0.29) is 6.01 Å². The third kappa shape index (κ3) is 2.44. The van der Waals surface area contributed by atoms with Gasteiger partial charge in [-0.05, 0) is 38.1 Å². The van der Waals surface area contributed by atoms with Crippen LogP contribution in [0.2, 0.25) is 10.2 Å². The summed E-state index contributed by atoms with van der Waals surface area (Å²) in [5, 5.41) is 1.76. The Morgan fingerprint density at radius 3 is 2.65 bits per heavy atom. The second-order valence-electron chi connectivity index (χ2n) is 4.51. The molecule has 1 N–H and O–H groups in total. The van der Waals surface area contributed by atoms with Crippen molar-refractivity contribution in [2.24, 2.45) is 0 Å². The van der Waals surface area contributed by atoms with E-state index >= 15 is 0 Å². The van der Waals surface area contributed by atoms with Crippen LogP contribution in [0.5, 0.6) is 11.8 Å². The number of H-pyrrole nitrogens is 1. The van der Waals surface area contributed by atoms with Crippen LogP contribution in [0.4, 0.5) is 0 Å². The summed E-state index contributed by atoms with van der Waals surface area (Å²) < 4.78 is 5.64. The van der Waals surface area contributed by atoms with Crippen LogP contribution in [0, 0.1) is 13.8 Å². The first-order chi connectivity index (χ1) is 9.52. The molecule has 3 rings (SSSR count). The summed E-state index contributed by atoms with van der Waals surface area (Å²) in [6, 6.07) is 7.49. The Bertz CT molecular complexity index is 778. The molecule has 0 saturated carbocycles. The molecular formula is C14H11Cl2N3O. The fourth-order valence-electron chi connectivity index (χ4n) is 2.02. The van der Waals surface area contributed by atoms with E-state index in [1.54, 1.807) is 12.1 Å². The van der Waals surface area contributed by atoms with Crippen molar-refractivity contribution in [1.29, 1.82) is 0 Å². The van der Waals surface area contributed by atoms with E-state index in [2.05, 4.69) is 15.0 Å². The van der Waals surface area contributed by atoms with Crippen LogP contribution in [0.3, 0.4) is 0 Å². The average Bonchev–Trinajstić information content (AvgIpc) is 2.73.